The maximum Gasteiger partial charge on any atom is 0.271 e. The van der Waals surface area contributed by atoms with E-state index < -0.39 is 4.92 Å². The molecule has 108 valence electrons. The van der Waals surface area contributed by atoms with Gasteiger partial charge in [-0.3, -0.25) is 14.9 Å². The van der Waals surface area contributed by atoms with E-state index in [0.29, 0.717) is 11.3 Å². The Morgan fingerprint density at radius 3 is 2.57 bits per heavy atom. The number of nitrogens with zero attached hydrogens (tertiary/aromatic N) is 1. The number of non-ortho nitro benzene ring substituents is 1. The topological polar surface area (TPSA) is 72.2 Å². The summed E-state index contributed by atoms with van der Waals surface area (Å²) in [5, 5.41) is 13.4. The van der Waals surface area contributed by atoms with Gasteiger partial charge in [-0.15, -0.1) is 0 Å². The predicted molar refractivity (Wildman–Crippen MR) is 84.7 cm³/mol. The van der Waals surface area contributed by atoms with E-state index in [2.05, 4.69) is 5.32 Å². The summed E-state index contributed by atoms with van der Waals surface area (Å²) in [5.41, 5.74) is 2.02. The Hall–Kier alpha value is -2.34. The van der Waals surface area contributed by atoms with E-state index in [-0.39, 0.29) is 11.6 Å². The molecule has 2 aromatic rings. The Balaban J connectivity index is 2.10. The summed E-state index contributed by atoms with van der Waals surface area (Å²) in [7, 11) is 0. The highest BCUT2D eigenvalue weighted by Crippen LogP contribution is 2.18. The van der Waals surface area contributed by atoms with Gasteiger partial charge in [0.1, 0.15) is 0 Å². The van der Waals surface area contributed by atoms with Crippen molar-refractivity contribution in [3.63, 3.8) is 0 Å². The Morgan fingerprint density at radius 1 is 1.24 bits per heavy atom. The molecule has 0 aliphatic carbocycles. The van der Waals surface area contributed by atoms with Crippen LogP contribution >= 0.6 is 11.8 Å². The largest absolute Gasteiger partial charge is 0.322 e. The van der Waals surface area contributed by atoms with E-state index in [9.17, 15) is 14.9 Å². The summed E-state index contributed by atoms with van der Waals surface area (Å²) < 4.78 is 0. The molecule has 0 saturated heterocycles. The van der Waals surface area contributed by atoms with Crippen molar-refractivity contribution < 1.29 is 9.72 Å². The molecule has 0 aliphatic heterocycles. The second-order valence-corrected chi connectivity index (χ2v) is 5.26. The Kier molecular flexibility index (Phi) is 4.94. The van der Waals surface area contributed by atoms with E-state index in [4.69, 9.17) is 0 Å². The monoisotopic (exact) mass is 302 g/mol. The summed E-state index contributed by atoms with van der Waals surface area (Å²) >= 11 is 1.71. The molecule has 0 heterocycles. The van der Waals surface area contributed by atoms with Crippen molar-refractivity contribution in [2.45, 2.75) is 5.75 Å². The molecule has 0 fully saturated rings. The molecule has 0 spiro atoms. The van der Waals surface area contributed by atoms with E-state index in [1.165, 1.54) is 18.2 Å². The first-order valence-corrected chi connectivity index (χ1v) is 7.63. The number of carbonyl (C=O) groups is 1. The van der Waals surface area contributed by atoms with Crippen LogP contribution in [0.2, 0.25) is 0 Å². The molecule has 6 heteroatoms. The first kappa shape index (κ1) is 15.1. The zero-order chi connectivity index (χ0) is 15.2. The van der Waals surface area contributed by atoms with Crippen LogP contribution in [0.4, 0.5) is 11.4 Å². The van der Waals surface area contributed by atoms with Gasteiger partial charge in [-0.05, 0) is 30.0 Å². The van der Waals surface area contributed by atoms with Crippen molar-refractivity contribution in [1.82, 2.24) is 0 Å². The number of nitrogens with one attached hydrogen (secondary N) is 1. The van der Waals surface area contributed by atoms with E-state index in [1.54, 1.807) is 30.0 Å². The summed E-state index contributed by atoms with van der Waals surface area (Å²) in [4.78, 5) is 22.3. The predicted octanol–water partition coefficient (Wildman–Crippen LogP) is 3.71. The van der Waals surface area contributed by atoms with Crippen LogP contribution in [0.3, 0.4) is 0 Å². The number of nitro benzene ring substituents is 1. The average molecular weight is 302 g/mol. The second-order valence-electron chi connectivity index (χ2n) is 4.39. The van der Waals surface area contributed by atoms with Crippen LogP contribution in [0.5, 0.6) is 0 Å². The first-order chi connectivity index (χ1) is 10.1. The number of nitro groups is 1. The maximum atomic E-state index is 12.1. The first-order valence-electron chi connectivity index (χ1n) is 6.24. The van der Waals surface area contributed by atoms with Gasteiger partial charge < -0.3 is 5.32 Å². The lowest BCUT2D eigenvalue weighted by atomic mass is 10.1. The third kappa shape index (κ3) is 4.06. The maximum absolute atomic E-state index is 12.1. The molecule has 0 bridgehead atoms. The van der Waals surface area contributed by atoms with Gasteiger partial charge in [0.15, 0.2) is 0 Å². The fraction of sp³-hybridized carbons (Fsp3) is 0.133. The molecular formula is C15H14N2O3S. The highest BCUT2D eigenvalue weighted by molar-refractivity contribution is 7.97. The fourth-order valence-electron chi connectivity index (χ4n) is 1.82. The standard InChI is InChI=1S/C15H14N2O3S/c1-21-10-11-5-7-12(8-6-11)15(18)16-13-3-2-4-14(9-13)17(19)20/h2-9H,10H2,1H3,(H,16,18). The summed E-state index contributed by atoms with van der Waals surface area (Å²) in [6, 6.07) is 13.2. The van der Waals surface area contributed by atoms with Crippen molar-refractivity contribution in [2.24, 2.45) is 0 Å². The van der Waals surface area contributed by atoms with Gasteiger partial charge in [-0.25, -0.2) is 0 Å². The normalized spacial score (nSPS) is 10.1. The number of amides is 1. The van der Waals surface area contributed by atoms with Crippen molar-refractivity contribution >= 4 is 29.0 Å². The number of thioether (sulfide) groups is 1. The third-order valence-electron chi connectivity index (χ3n) is 2.84. The molecule has 0 unspecified atom stereocenters. The zero-order valence-electron chi connectivity index (χ0n) is 11.4. The summed E-state index contributed by atoms with van der Waals surface area (Å²) in [5.74, 6) is 0.610. The van der Waals surface area contributed by atoms with Gasteiger partial charge in [-0.1, -0.05) is 18.2 Å². The third-order valence-corrected chi connectivity index (χ3v) is 3.46. The Labute approximate surface area is 126 Å². The van der Waals surface area contributed by atoms with E-state index in [1.807, 2.05) is 18.4 Å². The Morgan fingerprint density at radius 2 is 1.95 bits per heavy atom. The lowest BCUT2D eigenvalue weighted by Crippen LogP contribution is -2.11. The number of anilines is 1. The number of benzene rings is 2. The smallest absolute Gasteiger partial charge is 0.271 e. The molecule has 2 aromatic carbocycles. The van der Waals surface area contributed by atoms with Gasteiger partial charge in [0.05, 0.1) is 4.92 Å². The Bertz CT molecular complexity index is 656. The van der Waals surface area contributed by atoms with E-state index >= 15 is 0 Å². The minimum atomic E-state index is -0.493. The van der Waals surface area contributed by atoms with Crippen molar-refractivity contribution in [1.29, 1.82) is 0 Å². The average Bonchev–Trinajstić information content (AvgIpc) is 2.48. The molecule has 5 nitrogen and oxygen atoms in total. The minimum absolute atomic E-state index is 0.0527. The van der Waals surface area contributed by atoms with E-state index in [0.717, 1.165) is 11.3 Å². The van der Waals surface area contributed by atoms with Crippen LogP contribution in [-0.4, -0.2) is 17.1 Å². The molecule has 0 radical (unpaired) electrons. The molecule has 2 rings (SSSR count). The van der Waals surface area contributed by atoms with Gasteiger partial charge in [0.2, 0.25) is 0 Å². The van der Waals surface area contributed by atoms with Crippen LogP contribution in [-0.2, 0) is 5.75 Å². The van der Waals surface area contributed by atoms with Crippen LogP contribution in [0.15, 0.2) is 48.5 Å². The van der Waals surface area contributed by atoms with Crippen molar-refractivity contribution in [3.8, 4) is 0 Å². The highest BCUT2D eigenvalue weighted by atomic mass is 32.2. The lowest BCUT2D eigenvalue weighted by Gasteiger charge is -2.06. The molecule has 21 heavy (non-hydrogen) atoms. The van der Waals surface area contributed by atoms with Gasteiger partial charge in [0, 0.05) is 29.1 Å². The molecular weight excluding hydrogens is 288 g/mol. The van der Waals surface area contributed by atoms with Crippen LogP contribution in [0.25, 0.3) is 0 Å². The van der Waals surface area contributed by atoms with Gasteiger partial charge >= 0.3 is 0 Å². The van der Waals surface area contributed by atoms with Crippen LogP contribution < -0.4 is 5.32 Å². The quantitative estimate of drug-likeness (QED) is 0.675. The number of hydrogen-bond donors (Lipinski definition) is 1. The second kappa shape index (κ2) is 6.90. The summed E-state index contributed by atoms with van der Waals surface area (Å²) in [6.07, 6.45) is 2.02. The SMILES string of the molecule is CSCc1ccc(C(=O)Nc2cccc([N+](=O)[O-])c2)cc1. The molecule has 1 amide bonds. The fourth-order valence-corrected chi connectivity index (χ4v) is 2.35. The molecule has 0 aromatic heterocycles. The van der Waals surface area contributed by atoms with Crippen molar-refractivity contribution in [2.75, 3.05) is 11.6 Å². The molecule has 0 aliphatic rings. The van der Waals surface area contributed by atoms with Crippen molar-refractivity contribution in [3.05, 3.63) is 69.8 Å². The summed E-state index contributed by atoms with van der Waals surface area (Å²) in [6.45, 7) is 0. The number of rotatable bonds is 5. The number of hydrogen-bond acceptors (Lipinski definition) is 4. The highest BCUT2D eigenvalue weighted by Gasteiger charge is 2.09. The van der Waals surface area contributed by atoms with Crippen LogP contribution in [0, 0.1) is 10.1 Å². The number of carbonyl (C=O) groups excluding carboxylic acids is 1. The van der Waals surface area contributed by atoms with Crippen LogP contribution in [0.1, 0.15) is 15.9 Å². The molecule has 0 saturated carbocycles. The van der Waals surface area contributed by atoms with Gasteiger partial charge in [0.25, 0.3) is 11.6 Å². The molecule has 0 atom stereocenters. The minimum Gasteiger partial charge on any atom is -0.322 e. The zero-order valence-corrected chi connectivity index (χ0v) is 12.2. The van der Waals surface area contributed by atoms with Gasteiger partial charge in [-0.2, -0.15) is 11.8 Å². The molecule has 1 N–H and O–H groups in total. The lowest BCUT2D eigenvalue weighted by molar-refractivity contribution is -0.384.